The maximum absolute atomic E-state index is 11.8. The van der Waals surface area contributed by atoms with Gasteiger partial charge in [-0.3, -0.25) is 19.2 Å². The van der Waals surface area contributed by atoms with Crippen LogP contribution in [0.15, 0.2) is 18.3 Å². The average molecular weight is 411 g/mol. The van der Waals surface area contributed by atoms with Crippen LogP contribution in [0.4, 0.5) is 0 Å². The quantitative estimate of drug-likeness (QED) is 0.387. The Hall–Kier alpha value is -2.62. The van der Waals surface area contributed by atoms with Crippen LogP contribution >= 0.6 is 11.8 Å². The van der Waals surface area contributed by atoms with Crippen molar-refractivity contribution >= 4 is 35.5 Å². The number of Topliss-reactive ketones (excluding diaryl/α,β-unsaturated/α-hetero) is 1. The molecule has 0 aromatic carbocycles. The third-order valence-electron chi connectivity index (χ3n) is 3.65. The Morgan fingerprint density at radius 3 is 2.14 bits per heavy atom. The van der Waals surface area contributed by atoms with Gasteiger partial charge in [-0.1, -0.05) is 0 Å². The van der Waals surface area contributed by atoms with Crippen LogP contribution in [0.1, 0.15) is 38.2 Å². The number of hydrogen-bond acceptors (Lipinski definition) is 10. The maximum Gasteiger partial charge on any atom is 0.303 e. The first-order valence-electron chi connectivity index (χ1n) is 8.45. The van der Waals surface area contributed by atoms with E-state index >= 15 is 0 Å². The second-order valence-electron chi connectivity index (χ2n) is 6.02. The molecular formula is C18H21NO8S. The summed E-state index contributed by atoms with van der Waals surface area (Å²) in [6.45, 7) is 4.98. The van der Waals surface area contributed by atoms with E-state index < -0.39 is 41.7 Å². The molecule has 152 valence electrons. The Morgan fingerprint density at radius 2 is 1.57 bits per heavy atom. The summed E-state index contributed by atoms with van der Waals surface area (Å²) in [6.07, 6.45) is -1.49. The van der Waals surface area contributed by atoms with Gasteiger partial charge in [0.05, 0.1) is 0 Å². The lowest BCUT2D eigenvalue weighted by atomic mass is 10.1. The lowest BCUT2D eigenvalue weighted by Crippen LogP contribution is -2.55. The highest BCUT2D eigenvalue weighted by Gasteiger charge is 2.47. The molecule has 1 aromatic heterocycles. The van der Waals surface area contributed by atoms with Gasteiger partial charge in [-0.15, -0.1) is 11.8 Å². The van der Waals surface area contributed by atoms with E-state index in [0.717, 1.165) is 0 Å². The first kappa shape index (κ1) is 21.7. The summed E-state index contributed by atoms with van der Waals surface area (Å²) in [5, 5.41) is 0. The molecule has 0 spiro atoms. The van der Waals surface area contributed by atoms with E-state index in [4.69, 9.17) is 18.9 Å². The van der Waals surface area contributed by atoms with Gasteiger partial charge in [-0.25, -0.2) is 4.98 Å². The number of nitrogens with zero attached hydrogens (tertiary/aromatic N) is 1. The molecule has 1 aliphatic rings. The summed E-state index contributed by atoms with van der Waals surface area (Å²) in [5.41, 5.74) is -0.696. The van der Waals surface area contributed by atoms with E-state index in [-0.39, 0.29) is 23.0 Å². The highest BCUT2D eigenvalue weighted by atomic mass is 32.2. The van der Waals surface area contributed by atoms with E-state index in [0.29, 0.717) is 0 Å². The van der Waals surface area contributed by atoms with Crippen LogP contribution in [-0.4, -0.2) is 58.2 Å². The molecule has 1 fully saturated rings. The zero-order chi connectivity index (χ0) is 20.8. The van der Waals surface area contributed by atoms with Gasteiger partial charge < -0.3 is 18.9 Å². The van der Waals surface area contributed by atoms with Gasteiger partial charge in [-0.05, 0) is 12.1 Å². The predicted molar refractivity (Wildman–Crippen MR) is 97.8 cm³/mol. The second-order valence-corrected chi connectivity index (χ2v) is 7.15. The molecule has 0 bridgehead atoms. The minimum Gasteiger partial charge on any atom is -0.473 e. The molecule has 0 radical (unpaired) electrons. The maximum atomic E-state index is 11.8. The SMILES string of the molecule is CC(=O)O[C@@H]1[C@@H](OC(C)=O)[C@H](OC(C)=O)CS[C@H]1Oc1cccnc1C(C)=O. The number of hydrogen-bond donors (Lipinski definition) is 0. The third kappa shape index (κ3) is 5.69. The van der Waals surface area contributed by atoms with Gasteiger partial charge in [-0.2, -0.15) is 0 Å². The number of carbonyl (C=O) groups excluding carboxylic acids is 4. The van der Waals surface area contributed by atoms with E-state index in [1.54, 1.807) is 12.1 Å². The summed E-state index contributed by atoms with van der Waals surface area (Å²) < 4.78 is 21.8. The van der Waals surface area contributed by atoms with Crippen LogP contribution in [0.3, 0.4) is 0 Å². The number of carbonyl (C=O) groups is 4. The van der Waals surface area contributed by atoms with Crippen LogP contribution in [-0.2, 0) is 28.6 Å². The molecule has 0 amide bonds. The minimum absolute atomic E-state index is 0.121. The first-order valence-corrected chi connectivity index (χ1v) is 9.49. The van der Waals surface area contributed by atoms with Crippen LogP contribution in [0, 0.1) is 0 Å². The number of ketones is 1. The summed E-state index contributed by atoms with van der Waals surface area (Å²) in [6, 6.07) is 3.16. The smallest absolute Gasteiger partial charge is 0.303 e. The number of pyridine rings is 1. The van der Waals surface area contributed by atoms with Gasteiger partial charge in [0.15, 0.2) is 35.3 Å². The van der Waals surface area contributed by atoms with Crippen LogP contribution in [0.5, 0.6) is 5.75 Å². The van der Waals surface area contributed by atoms with Gasteiger partial charge in [0.25, 0.3) is 0 Å². The number of ether oxygens (including phenoxy) is 4. The van der Waals surface area contributed by atoms with Crippen LogP contribution < -0.4 is 4.74 Å². The summed E-state index contributed by atoms with van der Waals surface area (Å²) in [4.78, 5) is 50.4. The lowest BCUT2D eigenvalue weighted by Gasteiger charge is -2.40. The van der Waals surface area contributed by atoms with Gasteiger partial charge in [0.2, 0.25) is 0 Å². The third-order valence-corrected chi connectivity index (χ3v) is 4.87. The van der Waals surface area contributed by atoms with Crippen molar-refractivity contribution in [2.75, 3.05) is 5.75 Å². The second kappa shape index (κ2) is 9.54. The van der Waals surface area contributed by atoms with Crippen molar-refractivity contribution in [3.63, 3.8) is 0 Å². The molecule has 9 nitrogen and oxygen atoms in total. The number of esters is 3. The van der Waals surface area contributed by atoms with E-state index in [2.05, 4.69) is 4.98 Å². The molecule has 0 aliphatic carbocycles. The Morgan fingerprint density at radius 1 is 0.964 bits per heavy atom. The molecule has 1 aliphatic heterocycles. The van der Waals surface area contributed by atoms with Crippen molar-refractivity contribution in [2.24, 2.45) is 0 Å². The van der Waals surface area contributed by atoms with Crippen LogP contribution in [0.25, 0.3) is 0 Å². The van der Waals surface area contributed by atoms with E-state index in [1.807, 2.05) is 0 Å². The molecule has 1 saturated heterocycles. The Bertz CT molecular complexity index is 768. The molecule has 0 N–H and O–H groups in total. The average Bonchev–Trinajstić information content (AvgIpc) is 2.59. The molecule has 0 saturated carbocycles. The number of rotatable bonds is 6. The zero-order valence-electron chi connectivity index (χ0n) is 15.9. The normalized spacial score (nSPS) is 24.0. The van der Waals surface area contributed by atoms with E-state index in [9.17, 15) is 19.2 Å². The Labute approximate surface area is 166 Å². The Balaban J connectivity index is 2.34. The molecule has 0 unspecified atom stereocenters. The van der Waals surface area contributed by atoms with Crippen molar-refractivity contribution in [2.45, 2.75) is 51.4 Å². The van der Waals surface area contributed by atoms with Crippen molar-refractivity contribution in [3.05, 3.63) is 24.0 Å². The largest absolute Gasteiger partial charge is 0.473 e. The highest BCUT2D eigenvalue weighted by molar-refractivity contribution is 7.99. The summed E-state index contributed by atoms with van der Waals surface area (Å²) in [5.74, 6) is -1.68. The molecule has 28 heavy (non-hydrogen) atoms. The number of thioether (sulfide) groups is 1. The lowest BCUT2D eigenvalue weighted by molar-refractivity contribution is -0.186. The van der Waals surface area contributed by atoms with Gasteiger partial charge >= 0.3 is 17.9 Å². The summed E-state index contributed by atoms with van der Waals surface area (Å²) >= 11 is 1.20. The number of aromatic nitrogens is 1. The van der Waals surface area contributed by atoms with Gasteiger partial charge in [0, 0.05) is 39.6 Å². The Kier molecular flexibility index (Phi) is 7.38. The van der Waals surface area contributed by atoms with Crippen molar-refractivity contribution in [1.82, 2.24) is 4.98 Å². The van der Waals surface area contributed by atoms with Crippen molar-refractivity contribution < 1.29 is 38.1 Å². The predicted octanol–water partition coefficient (Wildman–Crippen LogP) is 1.53. The van der Waals surface area contributed by atoms with Crippen molar-refractivity contribution in [1.29, 1.82) is 0 Å². The van der Waals surface area contributed by atoms with Gasteiger partial charge in [0.1, 0.15) is 5.69 Å². The molecular weight excluding hydrogens is 390 g/mol. The molecule has 2 heterocycles. The monoisotopic (exact) mass is 411 g/mol. The van der Waals surface area contributed by atoms with E-state index in [1.165, 1.54) is 45.7 Å². The first-order chi connectivity index (χ1) is 13.2. The fourth-order valence-electron chi connectivity index (χ4n) is 2.69. The standard InChI is InChI=1S/C18H21NO8S/c1-9(20)15-13(6-5-7-19-15)27-18-17(26-12(4)23)16(25-11(3)22)14(8-28-18)24-10(2)21/h5-7,14,16-18H,8H2,1-4H3/t14-,16+,17-,18-/m1/s1. The molecule has 1 aromatic rings. The molecule has 4 atom stereocenters. The molecule has 10 heteroatoms. The summed E-state index contributed by atoms with van der Waals surface area (Å²) in [7, 11) is 0. The fraction of sp³-hybridized carbons (Fsp3) is 0.500. The molecule has 2 rings (SSSR count). The zero-order valence-corrected chi connectivity index (χ0v) is 16.7. The fourth-order valence-corrected chi connectivity index (χ4v) is 3.89. The minimum atomic E-state index is -1.07. The van der Waals surface area contributed by atoms with Crippen molar-refractivity contribution in [3.8, 4) is 5.75 Å². The topological polar surface area (TPSA) is 118 Å². The van der Waals surface area contributed by atoms with Crippen LogP contribution in [0.2, 0.25) is 0 Å². The highest BCUT2D eigenvalue weighted by Crippen LogP contribution is 2.34.